The van der Waals surface area contributed by atoms with Crippen molar-refractivity contribution in [3.05, 3.63) is 52.8 Å². The maximum atomic E-state index is 14.3. The maximum absolute atomic E-state index is 14.3. The molecule has 0 aromatic heterocycles. The van der Waals surface area contributed by atoms with E-state index in [-0.39, 0.29) is 50.6 Å². The molecule has 3 aliphatic heterocycles. The number of hydrogen-bond donors (Lipinski definition) is 6. The molecular weight excluding hydrogens is 728 g/mol. The Bertz CT molecular complexity index is 1970. The molecule has 306 valence electrons. The standard InChI is InChI=1S/C41H54N2O13/c1-18(2)56-42-17-26-31-36(49)29-28(35(26)48)30-38(24(8)34(29)47)55-41(10,39(30)50)53-16-15-27(52-11)21(5)37(54-25(9)44)23(7)33(46)22(6)32(45)19(3)13-12-14-20(4)40(51)43-31/h12-19,21-23,27,32-33,37,45-49H,1-11H3,(H,43,51)/b13-12+,16-15+,20-14+,42-17+. The van der Waals surface area contributed by atoms with Crippen molar-refractivity contribution in [3.63, 3.8) is 0 Å². The van der Waals surface area contributed by atoms with Crippen LogP contribution >= 0.6 is 0 Å². The van der Waals surface area contributed by atoms with Crippen LogP contribution in [0.3, 0.4) is 0 Å². The molecule has 5 rings (SSSR count). The lowest BCUT2D eigenvalue weighted by molar-refractivity contribution is -0.160. The Labute approximate surface area is 326 Å². The van der Waals surface area contributed by atoms with Gasteiger partial charge in [0.05, 0.1) is 53.0 Å². The zero-order chi connectivity index (χ0) is 42.0. The largest absolute Gasteiger partial charge is 0.507 e. The van der Waals surface area contributed by atoms with Gasteiger partial charge in [-0.1, -0.05) is 51.1 Å². The number of rotatable bonds is 5. The maximum Gasteiger partial charge on any atom is 0.312 e. The van der Waals surface area contributed by atoms with Crippen molar-refractivity contribution in [1.29, 1.82) is 0 Å². The van der Waals surface area contributed by atoms with Gasteiger partial charge >= 0.3 is 11.8 Å². The summed E-state index contributed by atoms with van der Waals surface area (Å²) in [5.74, 6) is -8.63. The van der Waals surface area contributed by atoms with Crippen LogP contribution in [0.15, 0.2) is 41.3 Å². The SMILES string of the molecule is COC1/C=C/OC2(C)Oc3c(C)c(O)c4c(O)c(c(/C=N/OC(C)C)c(O)c4c3C2=O)NC(=O)/C(C)=C/C=C/C(C)C(O)C(C)C(O)C(C)C(OC(C)=O)C1C. The number of oxime groups is 1. The molecule has 15 nitrogen and oxygen atoms in total. The number of ether oxygens (including phenoxy) is 4. The van der Waals surface area contributed by atoms with Crippen LogP contribution in [0, 0.1) is 30.6 Å². The third-order valence-corrected chi connectivity index (χ3v) is 10.5. The number of anilines is 1. The van der Waals surface area contributed by atoms with Crippen molar-refractivity contribution in [2.24, 2.45) is 28.8 Å². The quantitative estimate of drug-likeness (QED) is 0.0725. The molecule has 3 aliphatic rings. The van der Waals surface area contributed by atoms with E-state index >= 15 is 0 Å². The number of ketones is 1. The molecule has 5 bridgehead atoms. The number of Topliss-reactive ketones (excluding diaryl/α,β-unsaturated/α-hetero) is 1. The molecule has 2 aromatic carbocycles. The molecule has 9 atom stereocenters. The molecule has 1 amide bonds. The number of aliphatic hydroxyl groups is 2. The van der Waals surface area contributed by atoms with Crippen LogP contribution in [-0.2, 0) is 28.6 Å². The van der Waals surface area contributed by atoms with Gasteiger partial charge in [-0.25, -0.2) is 0 Å². The normalized spacial score (nSPS) is 31.1. The topological polar surface area (TPSA) is 223 Å². The molecule has 56 heavy (non-hydrogen) atoms. The smallest absolute Gasteiger partial charge is 0.312 e. The number of hydrogen-bond acceptors (Lipinski definition) is 14. The lowest BCUT2D eigenvalue weighted by Gasteiger charge is -2.38. The van der Waals surface area contributed by atoms with E-state index in [1.165, 1.54) is 53.2 Å². The third kappa shape index (κ3) is 8.49. The number of carbonyl (C=O) groups is 3. The van der Waals surface area contributed by atoms with E-state index in [9.17, 15) is 39.9 Å². The molecule has 0 radical (unpaired) electrons. The van der Waals surface area contributed by atoms with Crippen LogP contribution in [0.5, 0.6) is 23.0 Å². The molecule has 0 fully saturated rings. The summed E-state index contributed by atoms with van der Waals surface area (Å²) >= 11 is 0. The number of nitrogens with one attached hydrogen (secondary N) is 1. The number of aromatic hydroxyl groups is 3. The number of fused-ring (bicyclic) bond motifs is 14. The molecule has 0 saturated heterocycles. The number of allylic oxidation sites excluding steroid dienone is 2. The number of amides is 1. The van der Waals surface area contributed by atoms with E-state index in [0.29, 0.717) is 0 Å². The third-order valence-electron chi connectivity index (χ3n) is 10.5. The summed E-state index contributed by atoms with van der Waals surface area (Å²) in [5, 5.41) is 63.6. The number of nitrogens with zero attached hydrogens (tertiary/aromatic N) is 1. The highest BCUT2D eigenvalue weighted by molar-refractivity contribution is 6.23. The monoisotopic (exact) mass is 782 g/mol. The van der Waals surface area contributed by atoms with Crippen molar-refractivity contribution in [2.45, 2.75) is 106 Å². The van der Waals surface area contributed by atoms with Gasteiger partial charge in [0.1, 0.15) is 29.5 Å². The number of benzene rings is 2. The van der Waals surface area contributed by atoms with Gasteiger partial charge < -0.3 is 54.6 Å². The van der Waals surface area contributed by atoms with Gasteiger partial charge in [-0.05, 0) is 33.8 Å². The molecule has 0 spiro atoms. The highest BCUT2D eigenvalue weighted by Crippen LogP contribution is 2.55. The zero-order valence-corrected chi connectivity index (χ0v) is 33.6. The summed E-state index contributed by atoms with van der Waals surface area (Å²) in [5.41, 5.74) is -0.618. The first-order valence-corrected chi connectivity index (χ1v) is 18.4. The molecular formula is C41H54N2O13. The van der Waals surface area contributed by atoms with E-state index in [1.54, 1.807) is 53.7 Å². The molecule has 15 heteroatoms. The van der Waals surface area contributed by atoms with Crippen molar-refractivity contribution in [1.82, 2.24) is 0 Å². The predicted octanol–water partition coefficient (Wildman–Crippen LogP) is 5.51. The summed E-state index contributed by atoms with van der Waals surface area (Å²) in [6.45, 7) is 15.8. The molecule has 6 N–H and O–H groups in total. The molecule has 0 saturated carbocycles. The summed E-state index contributed by atoms with van der Waals surface area (Å²) in [6.07, 6.45) is 4.11. The lowest BCUT2D eigenvalue weighted by Crippen LogP contribution is -2.46. The first-order valence-electron chi connectivity index (χ1n) is 18.4. The van der Waals surface area contributed by atoms with E-state index in [1.807, 2.05) is 0 Å². The van der Waals surface area contributed by atoms with Gasteiger partial charge in [0.25, 0.3) is 11.7 Å². The number of phenols is 3. The van der Waals surface area contributed by atoms with E-state index < -0.39 is 88.8 Å². The van der Waals surface area contributed by atoms with Crippen molar-refractivity contribution >= 4 is 40.3 Å². The summed E-state index contributed by atoms with van der Waals surface area (Å²) in [4.78, 5) is 45.4. The Hall–Kier alpha value is -5.12. The van der Waals surface area contributed by atoms with Crippen LogP contribution < -0.4 is 10.1 Å². The van der Waals surface area contributed by atoms with Gasteiger partial charge in [0.15, 0.2) is 5.75 Å². The van der Waals surface area contributed by atoms with Crippen LogP contribution in [0.2, 0.25) is 0 Å². The van der Waals surface area contributed by atoms with Crippen molar-refractivity contribution in [3.8, 4) is 23.0 Å². The van der Waals surface area contributed by atoms with Crippen LogP contribution in [0.4, 0.5) is 5.69 Å². The second-order valence-electron chi connectivity index (χ2n) is 15.0. The molecule has 9 unspecified atom stereocenters. The lowest BCUT2D eigenvalue weighted by atomic mass is 9.78. The number of methoxy groups -OCH3 is 1. The minimum Gasteiger partial charge on any atom is -0.507 e. The molecule has 2 aromatic rings. The number of esters is 1. The number of phenolic OH excluding ortho intramolecular Hbond substituents is 3. The van der Waals surface area contributed by atoms with E-state index in [0.717, 1.165) is 6.21 Å². The Morgan fingerprint density at radius 3 is 2.23 bits per heavy atom. The van der Waals surface area contributed by atoms with E-state index in [2.05, 4.69) is 10.5 Å². The fraction of sp³-hybridized carbons (Fsp3) is 0.512. The fourth-order valence-electron chi connectivity index (χ4n) is 7.08. The highest BCUT2D eigenvalue weighted by Gasteiger charge is 2.50. The minimum absolute atomic E-state index is 0.0334. The molecule has 0 aliphatic carbocycles. The van der Waals surface area contributed by atoms with Crippen molar-refractivity contribution in [2.75, 3.05) is 12.4 Å². The average Bonchev–Trinajstić information content (AvgIpc) is 3.41. The first kappa shape index (κ1) is 43.6. The van der Waals surface area contributed by atoms with Gasteiger partial charge in [-0.2, -0.15) is 0 Å². The second kappa shape index (κ2) is 17.3. The highest BCUT2D eigenvalue weighted by atomic mass is 16.7. The van der Waals surface area contributed by atoms with Gasteiger partial charge in [0, 0.05) is 61.2 Å². The summed E-state index contributed by atoms with van der Waals surface area (Å²) in [7, 11) is 1.43. The summed E-state index contributed by atoms with van der Waals surface area (Å²) in [6, 6.07) is 0. The number of carbonyl (C=O) groups excluding carboxylic acids is 3. The van der Waals surface area contributed by atoms with Crippen molar-refractivity contribution < 1.29 is 63.7 Å². The second-order valence-corrected chi connectivity index (χ2v) is 15.0. The van der Waals surface area contributed by atoms with E-state index in [4.69, 9.17) is 23.8 Å². The van der Waals surface area contributed by atoms with Gasteiger partial charge in [0.2, 0.25) is 0 Å². The Morgan fingerprint density at radius 1 is 0.964 bits per heavy atom. The van der Waals surface area contributed by atoms with Gasteiger partial charge in [-0.15, -0.1) is 0 Å². The van der Waals surface area contributed by atoms with Gasteiger partial charge in [-0.3, -0.25) is 14.4 Å². The summed E-state index contributed by atoms with van der Waals surface area (Å²) < 4.78 is 23.4. The Kier molecular flexibility index (Phi) is 13.5. The molecule has 3 heterocycles. The minimum atomic E-state index is -2.06. The van der Waals surface area contributed by atoms with Crippen LogP contribution in [-0.4, -0.2) is 92.8 Å². The predicted molar refractivity (Wildman–Crippen MR) is 208 cm³/mol. The van der Waals surface area contributed by atoms with Crippen LogP contribution in [0.25, 0.3) is 10.8 Å². The first-order chi connectivity index (χ1) is 26.2. The fourth-order valence-corrected chi connectivity index (χ4v) is 7.08. The Balaban J connectivity index is 1.97. The zero-order valence-electron chi connectivity index (χ0n) is 33.6. The van der Waals surface area contributed by atoms with Crippen LogP contribution in [0.1, 0.15) is 83.8 Å². The average molecular weight is 783 g/mol. The Morgan fingerprint density at radius 2 is 1.62 bits per heavy atom. The number of aliphatic hydroxyl groups excluding tert-OH is 2.